The van der Waals surface area contributed by atoms with E-state index in [-0.39, 0.29) is 6.04 Å². The third-order valence-electron chi connectivity index (χ3n) is 1.50. The van der Waals surface area contributed by atoms with Crippen molar-refractivity contribution in [3.05, 3.63) is 0 Å². The van der Waals surface area contributed by atoms with Gasteiger partial charge in [-0.15, -0.1) is 0 Å². The van der Waals surface area contributed by atoms with Crippen LogP contribution < -0.4 is 0 Å². The molecule has 0 saturated heterocycles. The van der Waals surface area contributed by atoms with Gasteiger partial charge in [0, 0.05) is 6.54 Å². The highest BCUT2D eigenvalue weighted by Gasteiger charge is 2.07. The van der Waals surface area contributed by atoms with Crippen LogP contribution >= 0.6 is 0 Å². The number of hydrogen-bond donors (Lipinski definition) is 0. The first kappa shape index (κ1) is 9.45. The number of nitrogens with zero attached hydrogens (tertiary/aromatic N) is 2. The van der Waals surface area contributed by atoms with Crippen LogP contribution in [-0.4, -0.2) is 24.5 Å². The van der Waals surface area contributed by atoms with Crippen LogP contribution in [0.15, 0.2) is 0 Å². The molecule has 2 nitrogen and oxygen atoms in total. The molecule has 58 valence electrons. The predicted octanol–water partition coefficient (Wildman–Crippen LogP) is 1.49. The Hall–Kier alpha value is -0.550. The Balaban J connectivity index is 3.64. The van der Waals surface area contributed by atoms with Gasteiger partial charge in [0.25, 0.3) is 0 Å². The van der Waals surface area contributed by atoms with Gasteiger partial charge in [-0.25, -0.2) is 0 Å². The lowest BCUT2D eigenvalue weighted by Crippen LogP contribution is -2.30. The zero-order chi connectivity index (χ0) is 8.15. The van der Waals surface area contributed by atoms with Crippen LogP contribution in [0.1, 0.15) is 20.8 Å². The zero-order valence-corrected chi connectivity index (χ0v) is 7.26. The number of rotatable bonds is 3. The van der Waals surface area contributed by atoms with Gasteiger partial charge in [-0.1, -0.05) is 13.8 Å². The van der Waals surface area contributed by atoms with Crippen molar-refractivity contribution in [2.75, 3.05) is 13.6 Å². The largest absolute Gasteiger partial charge is 0.291 e. The maximum absolute atomic E-state index is 8.53. The monoisotopic (exact) mass is 140 g/mol. The summed E-state index contributed by atoms with van der Waals surface area (Å²) in [7, 11) is 1.98. The van der Waals surface area contributed by atoms with Crippen molar-refractivity contribution in [3.63, 3.8) is 0 Å². The van der Waals surface area contributed by atoms with Gasteiger partial charge >= 0.3 is 0 Å². The first-order valence-electron chi connectivity index (χ1n) is 3.67. The maximum atomic E-state index is 8.53. The molecule has 10 heavy (non-hydrogen) atoms. The average molecular weight is 140 g/mol. The van der Waals surface area contributed by atoms with E-state index in [1.807, 2.05) is 14.0 Å². The molecule has 1 atom stereocenters. The second-order valence-corrected chi connectivity index (χ2v) is 3.14. The SMILES string of the molecule is CC(C)CN(C)C(C)C#N. The van der Waals surface area contributed by atoms with E-state index in [4.69, 9.17) is 5.26 Å². The lowest BCUT2D eigenvalue weighted by atomic mass is 10.2. The molecule has 0 aliphatic heterocycles. The van der Waals surface area contributed by atoms with E-state index in [0.717, 1.165) is 6.54 Å². The highest BCUT2D eigenvalue weighted by Crippen LogP contribution is 1.99. The second kappa shape index (κ2) is 4.29. The quantitative estimate of drug-likeness (QED) is 0.593. The Morgan fingerprint density at radius 2 is 1.90 bits per heavy atom. The molecule has 0 heterocycles. The molecule has 0 aromatic rings. The summed E-state index contributed by atoms with van der Waals surface area (Å²) in [4.78, 5) is 2.06. The van der Waals surface area contributed by atoms with Crippen LogP contribution in [0.25, 0.3) is 0 Å². The molecule has 0 rings (SSSR count). The number of hydrogen-bond acceptors (Lipinski definition) is 2. The van der Waals surface area contributed by atoms with E-state index in [0.29, 0.717) is 5.92 Å². The van der Waals surface area contributed by atoms with Crippen molar-refractivity contribution >= 4 is 0 Å². The van der Waals surface area contributed by atoms with Gasteiger partial charge in [-0.2, -0.15) is 5.26 Å². The summed E-state index contributed by atoms with van der Waals surface area (Å²) in [6, 6.07) is 2.24. The molecule has 0 amide bonds. The summed E-state index contributed by atoms with van der Waals surface area (Å²) in [6.45, 7) is 7.22. The lowest BCUT2D eigenvalue weighted by Gasteiger charge is -2.20. The van der Waals surface area contributed by atoms with Crippen LogP contribution in [0, 0.1) is 17.2 Å². The van der Waals surface area contributed by atoms with Gasteiger partial charge in [0.2, 0.25) is 0 Å². The minimum Gasteiger partial charge on any atom is -0.291 e. The van der Waals surface area contributed by atoms with Gasteiger partial charge in [0.15, 0.2) is 0 Å². The first-order valence-corrected chi connectivity index (χ1v) is 3.67. The molecule has 0 N–H and O–H groups in total. The Kier molecular flexibility index (Phi) is 4.06. The second-order valence-electron chi connectivity index (χ2n) is 3.14. The molecule has 0 spiro atoms. The minimum absolute atomic E-state index is 0.0439. The fraction of sp³-hybridized carbons (Fsp3) is 0.875. The van der Waals surface area contributed by atoms with Crippen molar-refractivity contribution in [1.82, 2.24) is 4.90 Å². The van der Waals surface area contributed by atoms with Crippen molar-refractivity contribution in [2.24, 2.45) is 5.92 Å². The molecule has 0 aromatic heterocycles. The first-order chi connectivity index (χ1) is 4.57. The van der Waals surface area contributed by atoms with E-state index < -0.39 is 0 Å². The summed E-state index contributed by atoms with van der Waals surface area (Å²) < 4.78 is 0. The Bertz CT molecular complexity index is 124. The summed E-state index contributed by atoms with van der Waals surface area (Å²) in [6.07, 6.45) is 0. The molecule has 0 saturated carbocycles. The van der Waals surface area contributed by atoms with E-state index >= 15 is 0 Å². The fourth-order valence-electron chi connectivity index (χ4n) is 0.833. The number of nitriles is 1. The van der Waals surface area contributed by atoms with Crippen molar-refractivity contribution in [2.45, 2.75) is 26.8 Å². The summed E-state index contributed by atoms with van der Waals surface area (Å²) in [5.41, 5.74) is 0. The molecule has 0 radical (unpaired) electrons. The van der Waals surface area contributed by atoms with Crippen molar-refractivity contribution in [3.8, 4) is 6.07 Å². The predicted molar refractivity (Wildman–Crippen MR) is 42.5 cm³/mol. The van der Waals surface area contributed by atoms with Gasteiger partial charge in [-0.3, -0.25) is 4.90 Å². The Morgan fingerprint density at radius 1 is 1.40 bits per heavy atom. The summed E-state index contributed by atoms with van der Waals surface area (Å²) in [5, 5.41) is 8.53. The van der Waals surface area contributed by atoms with Crippen LogP contribution in [0.4, 0.5) is 0 Å². The van der Waals surface area contributed by atoms with E-state index in [2.05, 4.69) is 24.8 Å². The van der Waals surface area contributed by atoms with Crippen LogP contribution in [0.2, 0.25) is 0 Å². The molecule has 1 unspecified atom stereocenters. The van der Waals surface area contributed by atoms with E-state index in [9.17, 15) is 0 Å². The molecule has 0 aromatic carbocycles. The van der Waals surface area contributed by atoms with E-state index in [1.54, 1.807) is 0 Å². The minimum atomic E-state index is 0.0439. The van der Waals surface area contributed by atoms with Crippen LogP contribution in [-0.2, 0) is 0 Å². The highest BCUT2D eigenvalue weighted by atomic mass is 15.1. The van der Waals surface area contributed by atoms with E-state index in [1.165, 1.54) is 0 Å². The molecule has 2 heteroatoms. The van der Waals surface area contributed by atoms with Crippen LogP contribution in [0.3, 0.4) is 0 Å². The molecule has 0 fully saturated rings. The third kappa shape index (κ3) is 3.47. The third-order valence-corrected chi connectivity index (χ3v) is 1.50. The summed E-state index contributed by atoms with van der Waals surface area (Å²) in [5.74, 6) is 0.640. The fourth-order valence-corrected chi connectivity index (χ4v) is 0.833. The lowest BCUT2D eigenvalue weighted by molar-refractivity contribution is 0.268. The topological polar surface area (TPSA) is 27.0 Å². The maximum Gasteiger partial charge on any atom is 0.0946 e. The van der Waals surface area contributed by atoms with Crippen molar-refractivity contribution < 1.29 is 0 Å². The Morgan fingerprint density at radius 3 is 2.20 bits per heavy atom. The van der Waals surface area contributed by atoms with Gasteiger partial charge in [-0.05, 0) is 19.9 Å². The average Bonchev–Trinajstić information content (AvgIpc) is 1.85. The van der Waals surface area contributed by atoms with Gasteiger partial charge in [0.1, 0.15) is 0 Å². The highest BCUT2D eigenvalue weighted by molar-refractivity contribution is 4.86. The standard InChI is InChI=1S/C8H16N2/c1-7(2)6-10(4)8(3)5-9/h7-8H,6H2,1-4H3. The van der Waals surface area contributed by atoms with Crippen molar-refractivity contribution in [1.29, 1.82) is 5.26 Å². The molecular formula is C8H16N2. The molecule has 0 bridgehead atoms. The van der Waals surface area contributed by atoms with Crippen LogP contribution in [0.5, 0.6) is 0 Å². The molecular weight excluding hydrogens is 124 g/mol. The van der Waals surface area contributed by atoms with Gasteiger partial charge < -0.3 is 0 Å². The zero-order valence-electron chi connectivity index (χ0n) is 7.26. The Labute approximate surface area is 63.4 Å². The smallest absolute Gasteiger partial charge is 0.0946 e. The normalized spacial score (nSPS) is 13.7. The van der Waals surface area contributed by atoms with Gasteiger partial charge in [0.05, 0.1) is 12.1 Å². The summed E-state index contributed by atoms with van der Waals surface area (Å²) >= 11 is 0. The molecule has 0 aliphatic carbocycles. The molecule has 0 aliphatic rings.